The summed E-state index contributed by atoms with van der Waals surface area (Å²) in [6.07, 6.45) is 1.46. The van der Waals surface area contributed by atoms with E-state index in [0.717, 1.165) is 17.7 Å². The van der Waals surface area contributed by atoms with Crippen LogP contribution in [-0.2, 0) is 12.0 Å². The molecule has 21 heavy (non-hydrogen) atoms. The molecule has 2 N–H and O–H groups in total. The van der Waals surface area contributed by atoms with E-state index in [1.165, 1.54) is 5.56 Å². The number of nitrogens with two attached hydrogens (primary N) is 1. The highest BCUT2D eigenvalue weighted by Gasteiger charge is 2.26. The van der Waals surface area contributed by atoms with Gasteiger partial charge in [-0.25, -0.2) is 0 Å². The zero-order valence-electron chi connectivity index (χ0n) is 12.3. The molecule has 1 atom stereocenters. The van der Waals surface area contributed by atoms with Crippen LogP contribution >= 0.6 is 0 Å². The molecule has 0 aliphatic rings. The first-order valence-corrected chi connectivity index (χ1v) is 7.15. The minimum absolute atomic E-state index is 0.407. The predicted octanol–water partition coefficient (Wildman–Crippen LogP) is 3.40. The minimum Gasteiger partial charge on any atom is -0.493 e. The summed E-state index contributed by atoms with van der Waals surface area (Å²) in [5, 5.41) is 9.37. The maximum Gasteiger partial charge on any atom is 0.133 e. The van der Waals surface area contributed by atoms with E-state index in [0.29, 0.717) is 13.0 Å². The number of benzene rings is 2. The van der Waals surface area contributed by atoms with Gasteiger partial charge in [0.1, 0.15) is 11.3 Å². The molecule has 0 aromatic heterocycles. The van der Waals surface area contributed by atoms with Crippen LogP contribution in [0.15, 0.2) is 54.6 Å². The first-order valence-electron chi connectivity index (χ1n) is 7.15. The van der Waals surface area contributed by atoms with Gasteiger partial charge >= 0.3 is 0 Å². The fourth-order valence-electron chi connectivity index (χ4n) is 2.15. The number of nitrogens with zero attached hydrogens (tertiary/aromatic N) is 1. The summed E-state index contributed by atoms with van der Waals surface area (Å²) >= 11 is 0. The van der Waals surface area contributed by atoms with Gasteiger partial charge in [-0.3, -0.25) is 0 Å². The normalized spacial score (nSPS) is 13.2. The lowest BCUT2D eigenvalue weighted by atomic mass is 9.89. The van der Waals surface area contributed by atoms with E-state index >= 15 is 0 Å². The Kier molecular flexibility index (Phi) is 4.97. The van der Waals surface area contributed by atoms with E-state index in [1.807, 2.05) is 54.6 Å². The van der Waals surface area contributed by atoms with Crippen LogP contribution in [0.5, 0.6) is 5.75 Å². The summed E-state index contributed by atoms with van der Waals surface area (Å²) in [7, 11) is 0. The predicted molar refractivity (Wildman–Crippen MR) is 83.9 cm³/mol. The molecule has 1 unspecified atom stereocenters. The molecule has 0 saturated heterocycles. The first kappa shape index (κ1) is 15.1. The van der Waals surface area contributed by atoms with E-state index in [-0.39, 0.29) is 0 Å². The number of ether oxygens (including phenoxy) is 1. The van der Waals surface area contributed by atoms with Gasteiger partial charge in [0.15, 0.2) is 0 Å². The van der Waals surface area contributed by atoms with Crippen LogP contribution in [0.25, 0.3) is 0 Å². The molecule has 0 fully saturated rings. The molecule has 0 saturated carbocycles. The van der Waals surface area contributed by atoms with Crippen molar-refractivity contribution in [2.24, 2.45) is 5.73 Å². The summed E-state index contributed by atoms with van der Waals surface area (Å²) in [4.78, 5) is 0. The highest BCUT2D eigenvalue weighted by Crippen LogP contribution is 2.22. The number of hydrogen-bond acceptors (Lipinski definition) is 3. The minimum atomic E-state index is -1.01. The van der Waals surface area contributed by atoms with Crippen molar-refractivity contribution in [1.29, 1.82) is 5.26 Å². The molecule has 2 aromatic rings. The van der Waals surface area contributed by atoms with Gasteiger partial charge in [-0.1, -0.05) is 49.4 Å². The lowest BCUT2D eigenvalue weighted by Crippen LogP contribution is -2.36. The van der Waals surface area contributed by atoms with Crippen molar-refractivity contribution in [3.05, 3.63) is 65.7 Å². The smallest absolute Gasteiger partial charge is 0.133 e. The number of nitriles is 1. The van der Waals surface area contributed by atoms with Gasteiger partial charge in [0.05, 0.1) is 12.7 Å². The molecule has 3 nitrogen and oxygen atoms in total. The first-order chi connectivity index (χ1) is 10.2. The third-order valence-electron chi connectivity index (χ3n) is 3.59. The number of aryl methyl sites for hydroxylation is 1. The molecule has 0 aliphatic heterocycles. The second-order valence-corrected chi connectivity index (χ2v) is 5.05. The molecular formula is C18H20N2O. The molecule has 0 radical (unpaired) electrons. The zero-order valence-corrected chi connectivity index (χ0v) is 12.3. The van der Waals surface area contributed by atoms with E-state index in [9.17, 15) is 5.26 Å². The summed E-state index contributed by atoms with van der Waals surface area (Å²) in [5.74, 6) is 0.806. The maximum atomic E-state index is 9.37. The van der Waals surface area contributed by atoms with Crippen LogP contribution in [0, 0.1) is 11.3 Å². The van der Waals surface area contributed by atoms with Crippen molar-refractivity contribution in [2.45, 2.75) is 25.3 Å². The molecule has 0 amide bonds. The second kappa shape index (κ2) is 6.92. The maximum absolute atomic E-state index is 9.37. The van der Waals surface area contributed by atoms with Crippen molar-refractivity contribution < 1.29 is 4.74 Å². The standard InChI is InChI=1S/C18H20N2O/c1-2-15-8-10-17(11-9-15)21-13-12-18(20,14-19)16-6-4-3-5-7-16/h3-11H,2,12-13,20H2,1H3. The SMILES string of the molecule is CCc1ccc(OCCC(N)(C#N)c2ccccc2)cc1. The van der Waals surface area contributed by atoms with Crippen molar-refractivity contribution in [1.82, 2.24) is 0 Å². The van der Waals surface area contributed by atoms with Crippen LogP contribution in [0.4, 0.5) is 0 Å². The average molecular weight is 280 g/mol. The number of rotatable bonds is 6. The highest BCUT2D eigenvalue weighted by atomic mass is 16.5. The third-order valence-corrected chi connectivity index (χ3v) is 3.59. The van der Waals surface area contributed by atoms with Gasteiger partial charge in [-0.15, -0.1) is 0 Å². The van der Waals surface area contributed by atoms with Crippen LogP contribution < -0.4 is 10.5 Å². The zero-order chi connectivity index (χ0) is 15.1. The number of hydrogen-bond donors (Lipinski definition) is 1. The Hall–Kier alpha value is -2.31. The van der Waals surface area contributed by atoms with Gasteiger partial charge in [0, 0.05) is 6.42 Å². The Morgan fingerprint density at radius 2 is 1.76 bits per heavy atom. The van der Waals surface area contributed by atoms with Crippen LogP contribution in [0.1, 0.15) is 24.5 Å². The Morgan fingerprint density at radius 1 is 1.10 bits per heavy atom. The molecule has 0 heterocycles. The van der Waals surface area contributed by atoms with Gasteiger partial charge in [0.25, 0.3) is 0 Å². The molecule has 3 heteroatoms. The summed E-state index contributed by atoms with van der Waals surface area (Å²) in [6.45, 7) is 2.52. The van der Waals surface area contributed by atoms with E-state index < -0.39 is 5.54 Å². The Bertz CT molecular complexity index is 601. The van der Waals surface area contributed by atoms with E-state index in [1.54, 1.807) is 0 Å². The summed E-state index contributed by atoms with van der Waals surface area (Å²) in [5.41, 5.74) is 7.27. The molecule has 0 aliphatic carbocycles. The molecule has 108 valence electrons. The van der Waals surface area contributed by atoms with Crippen molar-refractivity contribution in [3.63, 3.8) is 0 Å². The molecule has 0 spiro atoms. The van der Waals surface area contributed by atoms with Crippen LogP contribution in [-0.4, -0.2) is 6.61 Å². The van der Waals surface area contributed by atoms with Gasteiger partial charge in [0.2, 0.25) is 0 Å². The Labute approximate surface area is 126 Å². The van der Waals surface area contributed by atoms with Crippen molar-refractivity contribution in [3.8, 4) is 11.8 Å². The van der Waals surface area contributed by atoms with Gasteiger partial charge in [-0.05, 0) is 29.7 Å². The van der Waals surface area contributed by atoms with E-state index in [4.69, 9.17) is 10.5 Å². The van der Waals surface area contributed by atoms with Gasteiger partial charge in [-0.2, -0.15) is 5.26 Å². The molecular weight excluding hydrogens is 260 g/mol. The Balaban J connectivity index is 1.96. The van der Waals surface area contributed by atoms with Gasteiger partial charge < -0.3 is 10.5 Å². The largest absolute Gasteiger partial charge is 0.493 e. The molecule has 2 rings (SSSR count). The summed E-state index contributed by atoms with van der Waals surface area (Å²) < 4.78 is 5.69. The topological polar surface area (TPSA) is 59.0 Å². The lowest BCUT2D eigenvalue weighted by molar-refractivity contribution is 0.281. The molecule has 2 aromatic carbocycles. The fraction of sp³-hybridized carbons (Fsp3) is 0.278. The average Bonchev–Trinajstić information content (AvgIpc) is 2.56. The third kappa shape index (κ3) is 3.84. The quantitative estimate of drug-likeness (QED) is 0.882. The van der Waals surface area contributed by atoms with Crippen molar-refractivity contribution in [2.75, 3.05) is 6.61 Å². The Morgan fingerprint density at radius 3 is 2.33 bits per heavy atom. The fourth-order valence-corrected chi connectivity index (χ4v) is 2.15. The van der Waals surface area contributed by atoms with Crippen molar-refractivity contribution >= 4 is 0 Å². The lowest BCUT2D eigenvalue weighted by Gasteiger charge is -2.22. The second-order valence-electron chi connectivity index (χ2n) is 5.05. The highest BCUT2D eigenvalue weighted by molar-refractivity contribution is 5.31. The monoisotopic (exact) mass is 280 g/mol. The molecule has 0 bridgehead atoms. The van der Waals surface area contributed by atoms with Crippen LogP contribution in [0.3, 0.4) is 0 Å². The summed E-state index contributed by atoms with van der Waals surface area (Å²) in [6, 6.07) is 19.6. The van der Waals surface area contributed by atoms with E-state index in [2.05, 4.69) is 13.0 Å². The van der Waals surface area contributed by atoms with Crippen LogP contribution in [0.2, 0.25) is 0 Å².